The third-order valence-corrected chi connectivity index (χ3v) is 3.66. The molecule has 5 heteroatoms. The Morgan fingerprint density at radius 3 is 2.06 bits per heavy atom. The van der Waals surface area contributed by atoms with Crippen molar-refractivity contribution in [3.05, 3.63) is 52.8 Å². The van der Waals surface area contributed by atoms with Crippen molar-refractivity contribution in [1.29, 1.82) is 0 Å². The van der Waals surface area contributed by atoms with E-state index in [0.29, 0.717) is 9.79 Å². The molecule has 0 fully saturated rings. The molecule has 0 saturated heterocycles. The minimum absolute atomic E-state index is 0.242. The maximum atomic E-state index is 12.1. The molecule has 0 aliphatic carbocycles. The molecular weight excluding hydrogens is 265 g/mol. The van der Waals surface area contributed by atoms with Gasteiger partial charge in [-0.15, -0.1) is 0 Å². The summed E-state index contributed by atoms with van der Waals surface area (Å²) in [4.78, 5) is 5.07. The first-order chi connectivity index (χ1) is 7.66. The summed E-state index contributed by atoms with van der Waals surface area (Å²) in [5.74, 6) is 0. The van der Waals surface area contributed by atoms with E-state index < -0.39 is 10.8 Å². The molecule has 0 unspecified atom stereocenters. The molecular formula is C11H7Cl2NOS. The van der Waals surface area contributed by atoms with Crippen LogP contribution in [0.3, 0.4) is 0 Å². The fourth-order valence-corrected chi connectivity index (χ4v) is 2.93. The molecule has 0 bridgehead atoms. The summed E-state index contributed by atoms with van der Waals surface area (Å²) in [5.41, 5.74) is 0. The van der Waals surface area contributed by atoms with Crippen molar-refractivity contribution in [3.8, 4) is 0 Å². The number of hydrogen-bond donors (Lipinski definition) is 0. The lowest BCUT2D eigenvalue weighted by atomic mass is 10.4. The second-order valence-corrected chi connectivity index (χ2v) is 5.28. The normalized spacial score (nSPS) is 12.4. The predicted molar refractivity (Wildman–Crippen MR) is 65.4 cm³/mol. The summed E-state index contributed by atoms with van der Waals surface area (Å²) in [6.45, 7) is 0. The Hall–Kier alpha value is -0.900. The molecule has 0 aliphatic heterocycles. The first-order valence-corrected chi connectivity index (χ1v) is 6.37. The Balaban J connectivity index is 2.42. The second kappa shape index (κ2) is 4.95. The van der Waals surface area contributed by atoms with Gasteiger partial charge in [-0.1, -0.05) is 41.4 Å². The summed E-state index contributed by atoms with van der Waals surface area (Å²) >= 11 is 11.5. The first kappa shape index (κ1) is 11.6. The van der Waals surface area contributed by atoms with E-state index in [2.05, 4.69) is 4.98 Å². The van der Waals surface area contributed by atoms with E-state index in [4.69, 9.17) is 23.2 Å². The highest BCUT2D eigenvalue weighted by atomic mass is 35.5. The number of aromatic nitrogens is 1. The standard InChI is InChI=1S/C11H7Cl2NOS/c12-10-6-9(7-11(13)14-10)16(15)8-4-2-1-3-5-8/h1-7H/t16-/m1/s1. The third kappa shape index (κ3) is 2.61. The molecule has 1 aromatic carbocycles. The molecule has 0 radical (unpaired) electrons. The number of benzene rings is 1. The second-order valence-electron chi connectivity index (χ2n) is 3.03. The van der Waals surface area contributed by atoms with Gasteiger partial charge in [-0.05, 0) is 24.3 Å². The van der Waals surface area contributed by atoms with Crippen LogP contribution in [0, 0.1) is 0 Å². The fourth-order valence-electron chi connectivity index (χ4n) is 1.23. The Labute approximate surface area is 106 Å². The van der Waals surface area contributed by atoms with Gasteiger partial charge in [0.2, 0.25) is 0 Å². The van der Waals surface area contributed by atoms with Crippen LogP contribution in [-0.4, -0.2) is 9.19 Å². The van der Waals surface area contributed by atoms with Crippen LogP contribution in [0.15, 0.2) is 52.3 Å². The smallest absolute Gasteiger partial charge is 0.132 e. The lowest BCUT2D eigenvalue weighted by Gasteiger charge is -2.02. The third-order valence-electron chi connectivity index (χ3n) is 1.91. The van der Waals surface area contributed by atoms with Gasteiger partial charge in [-0.3, -0.25) is 0 Å². The molecule has 0 saturated carbocycles. The van der Waals surface area contributed by atoms with Crippen LogP contribution in [0.5, 0.6) is 0 Å². The molecule has 0 spiro atoms. The van der Waals surface area contributed by atoms with Gasteiger partial charge >= 0.3 is 0 Å². The zero-order chi connectivity index (χ0) is 11.5. The van der Waals surface area contributed by atoms with Gasteiger partial charge in [0, 0.05) is 9.79 Å². The van der Waals surface area contributed by atoms with E-state index in [1.807, 2.05) is 18.2 Å². The van der Waals surface area contributed by atoms with Gasteiger partial charge in [0.1, 0.15) is 10.3 Å². The number of halogens is 2. The Bertz CT molecular complexity index is 511. The number of rotatable bonds is 2. The largest absolute Gasteiger partial charge is 0.249 e. The van der Waals surface area contributed by atoms with Crippen molar-refractivity contribution in [1.82, 2.24) is 4.98 Å². The average molecular weight is 272 g/mol. The maximum absolute atomic E-state index is 12.1. The zero-order valence-corrected chi connectivity index (χ0v) is 10.4. The SMILES string of the molecule is O=[S@](c1ccccc1)c1cc(Cl)nc(Cl)c1. The van der Waals surface area contributed by atoms with Crippen molar-refractivity contribution in [2.45, 2.75) is 9.79 Å². The van der Waals surface area contributed by atoms with Crippen LogP contribution < -0.4 is 0 Å². The van der Waals surface area contributed by atoms with Crippen molar-refractivity contribution < 1.29 is 4.21 Å². The van der Waals surface area contributed by atoms with Gasteiger partial charge in [0.05, 0.1) is 10.8 Å². The minimum atomic E-state index is -1.28. The number of pyridine rings is 1. The molecule has 0 amide bonds. The fraction of sp³-hybridized carbons (Fsp3) is 0. The highest BCUT2D eigenvalue weighted by Crippen LogP contribution is 2.21. The van der Waals surface area contributed by atoms with Gasteiger partial charge in [0.15, 0.2) is 0 Å². The van der Waals surface area contributed by atoms with Crippen LogP contribution in [0.2, 0.25) is 10.3 Å². The van der Waals surface area contributed by atoms with Gasteiger partial charge in [0.25, 0.3) is 0 Å². The van der Waals surface area contributed by atoms with Crippen molar-refractivity contribution in [2.75, 3.05) is 0 Å². The lowest BCUT2D eigenvalue weighted by Crippen LogP contribution is -1.93. The van der Waals surface area contributed by atoms with E-state index in [0.717, 1.165) is 0 Å². The number of hydrogen-bond acceptors (Lipinski definition) is 2. The summed E-state index contributed by atoms with van der Waals surface area (Å²) in [6, 6.07) is 12.2. The summed E-state index contributed by atoms with van der Waals surface area (Å²) in [6.07, 6.45) is 0. The molecule has 16 heavy (non-hydrogen) atoms. The van der Waals surface area contributed by atoms with Crippen LogP contribution >= 0.6 is 23.2 Å². The lowest BCUT2D eigenvalue weighted by molar-refractivity contribution is 0.683. The molecule has 2 nitrogen and oxygen atoms in total. The predicted octanol–water partition coefficient (Wildman–Crippen LogP) is 3.56. The van der Waals surface area contributed by atoms with E-state index in [-0.39, 0.29) is 10.3 Å². The van der Waals surface area contributed by atoms with E-state index in [9.17, 15) is 4.21 Å². The Morgan fingerprint density at radius 1 is 0.938 bits per heavy atom. The summed E-state index contributed by atoms with van der Waals surface area (Å²) < 4.78 is 12.1. The highest BCUT2D eigenvalue weighted by molar-refractivity contribution is 7.85. The number of nitrogens with zero attached hydrogens (tertiary/aromatic N) is 1. The van der Waals surface area contributed by atoms with Crippen LogP contribution in [0.25, 0.3) is 0 Å². The van der Waals surface area contributed by atoms with Crippen molar-refractivity contribution in [2.24, 2.45) is 0 Å². The van der Waals surface area contributed by atoms with Gasteiger partial charge in [-0.2, -0.15) is 0 Å². The summed E-state index contributed by atoms with van der Waals surface area (Å²) in [7, 11) is -1.28. The van der Waals surface area contributed by atoms with Crippen LogP contribution in [0.1, 0.15) is 0 Å². The topological polar surface area (TPSA) is 30.0 Å². The molecule has 82 valence electrons. The van der Waals surface area contributed by atoms with Crippen LogP contribution in [0.4, 0.5) is 0 Å². The highest BCUT2D eigenvalue weighted by Gasteiger charge is 2.09. The van der Waals surface area contributed by atoms with E-state index in [1.54, 1.807) is 24.3 Å². The quantitative estimate of drug-likeness (QED) is 0.782. The monoisotopic (exact) mass is 271 g/mol. The maximum Gasteiger partial charge on any atom is 0.132 e. The molecule has 1 atom stereocenters. The van der Waals surface area contributed by atoms with Crippen molar-refractivity contribution >= 4 is 34.0 Å². The van der Waals surface area contributed by atoms with Crippen LogP contribution in [-0.2, 0) is 10.8 Å². The average Bonchev–Trinajstić information content (AvgIpc) is 2.28. The van der Waals surface area contributed by atoms with Gasteiger partial charge in [-0.25, -0.2) is 9.19 Å². The molecule has 2 aromatic rings. The van der Waals surface area contributed by atoms with E-state index in [1.165, 1.54) is 0 Å². The summed E-state index contributed by atoms with van der Waals surface area (Å²) in [5, 5.41) is 0.485. The van der Waals surface area contributed by atoms with E-state index >= 15 is 0 Å². The molecule has 1 heterocycles. The minimum Gasteiger partial charge on any atom is -0.249 e. The Morgan fingerprint density at radius 2 is 1.50 bits per heavy atom. The molecule has 0 aliphatic rings. The molecule has 0 N–H and O–H groups in total. The zero-order valence-electron chi connectivity index (χ0n) is 8.06. The van der Waals surface area contributed by atoms with Gasteiger partial charge < -0.3 is 0 Å². The first-order valence-electron chi connectivity index (χ1n) is 4.47. The Kier molecular flexibility index (Phi) is 3.59. The van der Waals surface area contributed by atoms with Crippen molar-refractivity contribution in [3.63, 3.8) is 0 Å². The molecule has 1 aromatic heterocycles. The molecule has 2 rings (SSSR count).